The molecule has 0 aromatic rings. The van der Waals surface area contributed by atoms with E-state index < -0.39 is 13.4 Å². The van der Waals surface area contributed by atoms with Crippen LogP contribution in [0, 0.1) is 0 Å². The molecule has 0 aliphatic heterocycles. The number of rotatable bonds is 13. The van der Waals surface area contributed by atoms with Crippen LogP contribution in [0.1, 0.15) is 77.6 Å². The van der Waals surface area contributed by atoms with Crippen molar-refractivity contribution in [2.24, 2.45) is 0 Å². The predicted octanol–water partition coefficient (Wildman–Crippen LogP) is 6.20. The van der Waals surface area contributed by atoms with E-state index in [4.69, 9.17) is 11.1 Å². The van der Waals surface area contributed by atoms with E-state index in [9.17, 15) is 9.90 Å². The fourth-order valence-electron chi connectivity index (χ4n) is 2.60. The van der Waals surface area contributed by atoms with Crippen molar-refractivity contribution in [1.82, 2.24) is 0 Å². The first-order chi connectivity index (χ1) is 9.39. The van der Waals surface area contributed by atoms with Gasteiger partial charge < -0.3 is 5.11 Å². The van der Waals surface area contributed by atoms with Crippen molar-refractivity contribution >= 4 is 24.4 Å². The lowest BCUT2D eigenvalue weighted by atomic mass is 10.1. The molecule has 1 N–H and O–H groups in total. The van der Waals surface area contributed by atoms with E-state index in [0.29, 0.717) is 0 Å². The van der Waals surface area contributed by atoms with Crippen molar-refractivity contribution in [3.05, 3.63) is 0 Å². The number of hydrogen-bond acceptors (Lipinski definition) is 1. The van der Waals surface area contributed by atoms with Gasteiger partial charge in [0.2, 0.25) is 0 Å². The summed E-state index contributed by atoms with van der Waals surface area (Å²) < 4.78 is 0. The van der Waals surface area contributed by atoms with Gasteiger partial charge in [-0.1, -0.05) is 84.2 Å². The molecule has 0 aromatic carbocycles. The number of carboxylic acid groups (broad SMARTS) is 1. The summed E-state index contributed by atoms with van der Waals surface area (Å²) in [5, 5.41) is 9.20. The van der Waals surface area contributed by atoms with Crippen LogP contribution in [0.5, 0.6) is 0 Å². The maximum Gasteiger partial charge on any atom is 0.304 e. The van der Waals surface area contributed by atoms with E-state index in [-0.39, 0.29) is 5.54 Å². The Labute approximate surface area is 131 Å². The van der Waals surface area contributed by atoms with Crippen molar-refractivity contribution in [3.8, 4) is 0 Å². The first kappa shape index (κ1) is 20.0. The van der Waals surface area contributed by atoms with Crippen molar-refractivity contribution < 1.29 is 9.90 Å². The zero-order valence-electron chi connectivity index (χ0n) is 13.6. The van der Waals surface area contributed by atoms with Gasteiger partial charge in [0.1, 0.15) is 0 Å². The zero-order valence-corrected chi connectivity index (χ0v) is 15.3. The third-order valence-corrected chi connectivity index (χ3v) is 6.96. The normalized spacial score (nSPS) is 13.4. The van der Waals surface area contributed by atoms with Crippen LogP contribution < -0.4 is 0 Å². The Balaban J connectivity index is 3.49. The van der Waals surface area contributed by atoms with Crippen molar-refractivity contribution in [3.63, 3.8) is 0 Å². The van der Waals surface area contributed by atoms with Gasteiger partial charge in [-0.25, -0.2) is 0 Å². The summed E-state index contributed by atoms with van der Waals surface area (Å²) in [6.45, 7) is 6.11. The fourth-order valence-corrected chi connectivity index (χ4v) is 4.68. The van der Waals surface area contributed by atoms with E-state index in [1.807, 2.05) is 13.1 Å². The van der Waals surface area contributed by atoms with Gasteiger partial charge in [0, 0.05) is 0 Å². The van der Waals surface area contributed by atoms with Crippen molar-refractivity contribution in [1.29, 1.82) is 0 Å². The SMILES string of the molecule is CCCCCCCCCCCC[C@@H](C(=O)O)[Si](C)(C)Cl. The number of hydrogen-bond donors (Lipinski definition) is 1. The van der Waals surface area contributed by atoms with Crippen molar-refractivity contribution in [2.75, 3.05) is 0 Å². The molecule has 0 unspecified atom stereocenters. The molecule has 120 valence electrons. The van der Waals surface area contributed by atoms with Crippen LogP contribution in [-0.2, 0) is 4.79 Å². The lowest BCUT2D eigenvalue weighted by Gasteiger charge is -2.22. The van der Waals surface area contributed by atoms with Gasteiger partial charge in [0.05, 0.1) is 5.54 Å². The maximum absolute atomic E-state index is 11.2. The number of unbranched alkanes of at least 4 members (excludes halogenated alkanes) is 9. The second-order valence-electron chi connectivity index (χ2n) is 6.43. The Morgan fingerprint density at radius 2 is 1.35 bits per heavy atom. The van der Waals surface area contributed by atoms with Crippen LogP contribution >= 0.6 is 11.1 Å². The van der Waals surface area contributed by atoms with Crippen LogP contribution in [0.25, 0.3) is 0 Å². The molecule has 0 spiro atoms. The Kier molecular flexibility index (Phi) is 11.6. The van der Waals surface area contributed by atoms with E-state index >= 15 is 0 Å². The average molecular weight is 321 g/mol. The number of carboxylic acids is 1. The minimum absolute atomic E-state index is 0.293. The molecule has 0 rings (SSSR count). The van der Waals surface area contributed by atoms with Crippen LogP contribution in [0.2, 0.25) is 18.6 Å². The van der Waals surface area contributed by atoms with Gasteiger partial charge in [-0.2, -0.15) is 11.1 Å². The Hall–Kier alpha value is -0.0231. The summed E-state index contributed by atoms with van der Waals surface area (Å²) in [6.07, 6.45) is 13.6. The van der Waals surface area contributed by atoms with Gasteiger partial charge in [-0.3, -0.25) is 4.79 Å². The molecule has 2 nitrogen and oxygen atoms in total. The van der Waals surface area contributed by atoms with Crippen LogP contribution in [-0.4, -0.2) is 18.5 Å². The molecular weight excluding hydrogens is 288 g/mol. The molecule has 0 saturated heterocycles. The van der Waals surface area contributed by atoms with Gasteiger partial charge >= 0.3 is 5.97 Å². The number of carbonyl (C=O) groups is 1. The van der Waals surface area contributed by atoms with Crippen molar-refractivity contribution in [2.45, 2.75) is 96.2 Å². The van der Waals surface area contributed by atoms with Gasteiger partial charge in [-0.15, -0.1) is 0 Å². The molecule has 0 fully saturated rings. The van der Waals surface area contributed by atoms with E-state index in [2.05, 4.69) is 6.92 Å². The molecule has 0 amide bonds. The summed E-state index contributed by atoms with van der Waals surface area (Å²) in [5.74, 6) is -0.701. The summed E-state index contributed by atoms with van der Waals surface area (Å²) >= 11 is 6.28. The Morgan fingerprint density at radius 1 is 0.950 bits per heavy atom. The monoisotopic (exact) mass is 320 g/mol. The highest BCUT2D eigenvalue weighted by Gasteiger charge is 2.35. The highest BCUT2D eigenvalue weighted by Crippen LogP contribution is 2.31. The highest BCUT2D eigenvalue weighted by molar-refractivity contribution is 7.20. The van der Waals surface area contributed by atoms with Crippen LogP contribution in [0.3, 0.4) is 0 Å². The lowest BCUT2D eigenvalue weighted by Crippen LogP contribution is -2.31. The molecule has 1 atom stereocenters. The number of aliphatic carboxylic acids is 1. The van der Waals surface area contributed by atoms with E-state index in [0.717, 1.165) is 19.3 Å². The highest BCUT2D eigenvalue weighted by atomic mass is 35.6. The molecular formula is C16H33ClO2Si. The molecule has 0 bridgehead atoms. The molecule has 4 heteroatoms. The second kappa shape index (κ2) is 11.6. The van der Waals surface area contributed by atoms with Gasteiger partial charge in [0.25, 0.3) is 0 Å². The van der Waals surface area contributed by atoms with Gasteiger partial charge in [0.15, 0.2) is 7.38 Å². The molecule has 0 aromatic heterocycles. The first-order valence-corrected chi connectivity index (χ1v) is 12.4. The topological polar surface area (TPSA) is 37.3 Å². The molecule has 0 aliphatic carbocycles. The maximum atomic E-state index is 11.2. The second-order valence-corrected chi connectivity index (χ2v) is 13.2. The van der Waals surface area contributed by atoms with Crippen LogP contribution in [0.4, 0.5) is 0 Å². The minimum Gasteiger partial charge on any atom is -0.481 e. The predicted molar refractivity (Wildman–Crippen MR) is 91.2 cm³/mol. The average Bonchev–Trinajstić information content (AvgIpc) is 2.34. The standard InChI is InChI=1S/C16H33ClO2Si/c1-4-5-6-7-8-9-10-11-12-13-14-15(16(18)19)20(2,3)17/h15H,4-14H2,1-3H3,(H,18,19)/t15-/m0/s1. The van der Waals surface area contributed by atoms with E-state index in [1.54, 1.807) is 0 Å². The molecule has 0 radical (unpaired) electrons. The lowest BCUT2D eigenvalue weighted by molar-refractivity contribution is -0.137. The summed E-state index contributed by atoms with van der Waals surface area (Å²) in [7, 11) is -2.07. The first-order valence-electron chi connectivity index (χ1n) is 8.31. The van der Waals surface area contributed by atoms with Gasteiger partial charge in [-0.05, 0) is 6.42 Å². The summed E-state index contributed by atoms with van der Waals surface area (Å²) in [5.41, 5.74) is -0.293. The molecule has 0 aliphatic rings. The largest absolute Gasteiger partial charge is 0.481 e. The van der Waals surface area contributed by atoms with Crippen LogP contribution in [0.15, 0.2) is 0 Å². The smallest absolute Gasteiger partial charge is 0.304 e. The third-order valence-electron chi connectivity index (χ3n) is 3.97. The molecule has 0 heterocycles. The molecule has 20 heavy (non-hydrogen) atoms. The Bertz CT molecular complexity index is 251. The van der Waals surface area contributed by atoms with E-state index in [1.165, 1.54) is 51.4 Å². The minimum atomic E-state index is -2.07. The Morgan fingerprint density at radius 3 is 1.70 bits per heavy atom. The third kappa shape index (κ3) is 10.7. The fraction of sp³-hybridized carbons (Fsp3) is 0.938. The quantitative estimate of drug-likeness (QED) is 0.249. The summed E-state index contributed by atoms with van der Waals surface area (Å²) in [4.78, 5) is 11.2. The zero-order chi connectivity index (χ0) is 15.4. The summed E-state index contributed by atoms with van der Waals surface area (Å²) in [6, 6.07) is 0. The molecule has 0 saturated carbocycles. The number of halogens is 1.